The van der Waals surface area contributed by atoms with Crippen molar-refractivity contribution in [2.75, 3.05) is 0 Å². The van der Waals surface area contributed by atoms with Gasteiger partial charge in [0.1, 0.15) is 5.82 Å². The maximum absolute atomic E-state index is 13.8. The Bertz CT molecular complexity index is 696. The van der Waals surface area contributed by atoms with E-state index in [0.29, 0.717) is 22.6 Å². The van der Waals surface area contributed by atoms with E-state index in [1.165, 1.54) is 12.5 Å². The highest BCUT2D eigenvalue weighted by Crippen LogP contribution is 2.38. The van der Waals surface area contributed by atoms with E-state index >= 15 is 0 Å². The van der Waals surface area contributed by atoms with Gasteiger partial charge in [-0.25, -0.2) is 4.39 Å². The van der Waals surface area contributed by atoms with E-state index in [2.05, 4.69) is 23.4 Å². The molecule has 2 aromatic rings. The number of aromatic amines is 1. The van der Waals surface area contributed by atoms with E-state index in [-0.39, 0.29) is 10.8 Å². The molecule has 1 aromatic heterocycles. The summed E-state index contributed by atoms with van der Waals surface area (Å²) in [5.41, 5.74) is 1.63. The minimum atomic E-state index is -0.390. The molecule has 3 rings (SSSR count). The second kappa shape index (κ2) is 5.15. The van der Waals surface area contributed by atoms with Crippen molar-refractivity contribution in [1.82, 2.24) is 9.55 Å². The van der Waals surface area contributed by atoms with Crippen molar-refractivity contribution in [2.45, 2.75) is 39.2 Å². The third kappa shape index (κ3) is 2.40. The third-order valence-electron chi connectivity index (χ3n) is 4.28. The SMILES string of the molecule is CC1CC(C)CC(n2c(=S)[nH]c3cc(Cl)c(F)cc32)C1. The van der Waals surface area contributed by atoms with Crippen molar-refractivity contribution in [3.8, 4) is 0 Å². The Morgan fingerprint density at radius 3 is 2.55 bits per heavy atom. The van der Waals surface area contributed by atoms with E-state index in [4.69, 9.17) is 23.8 Å². The van der Waals surface area contributed by atoms with Crippen LogP contribution in [0.1, 0.15) is 39.2 Å². The molecule has 108 valence electrons. The van der Waals surface area contributed by atoms with Crippen LogP contribution < -0.4 is 0 Å². The monoisotopic (exact) mass is 312 g/mol. The van der Waals surface area contributed by atoms with Crippen LogP contribution in [0.2, 0.25) is 5.02 Å². The van der Waals surface area contributed by atoms with E-state index in [0.717, 1.165) is 23.9 Å². The number of nitrogens with one attached hydrogen (secondary N) is 1. The zero-order chi connectivity index (χ0) is 14.4. The molecule has 1 aliphatic rings. The summed E-state index contributed by atoms with van der Waals surface area (Å²) >= 11 is 11.3. The van der Waals surface area contributed by atoms with E-state index in [1.54, 1.807) is 6.07 Å². The Hall–Kier alpha value is -0.870. The Kier molecular flexibility index (Phi) is 3.63. The van der Waals surface area contributed by atoms with Crippen molar-refractivity contribution >= 4 is 34.9 Å². The quantitative estimate of drug-likeness (QED) is 0.691. The Balaban J connectivity index is 2.13. The minimum Gasteiger partial charge on any atom is -0.331 e. The van der Waals surface area contributed by atoms with Crippen molar-refractivity contribution in [1.29, 1.82) is 0 Å². The lowest BCUT2D eigenvalue weighted by molar-refractivity contribution is 0.223. The lowest BCUT2D eigenvalue weighted by atomic mass is 9.80. The van der Waals surface area contributed by atoms with E-state index < -0.39 is 0 Å². The zero-order valence-corrected chi connectivity index (χ0v) is 13.2. The summed E-state index contributed by atoms with van der Waals surface area (Å²) in [4.78, 5) is 3.15. The molecule has 2 atom stereocenters. The summed E-state index contributed by atoms with van der Waals surface area (Å²) in [5, 5.41) is 0.131. The van der Waals surface area contributed by atoms with Gasteiger partial charge >= 0.3 is 0 Å². The van der Waals surface area contributed by atoms with Crippen LogP contribution in [0.4, 0.5) is 4.39 Å². The van der Waals surface area contributed by atoms with Crippen molar-refractivity contribution in [2.24, 2.45) is 11.8 Å². The Labute approximate surface area is 127 Å². The number of benzene rings is 1. The number of hydrogen-bond donors (Lipinski definition) is 1. The van der Waals surface area contributed by atoms with Crippen molar-refractivity contribution < 1.29 is 4.39 Å². The zero-order valence-electron chi connectivity index (χ0n) is 11.6. The number of hydrogen-bond acceptors (Lipinski definition) is 1. The highest BCUT2D eigenvalue weighted by Gasteiger charge is 2.27. The van der Waals surface area contributed by atoms with Crippen LogP contribution in [0, 0.1) is 22.4 Å². The second-order valence-electron chi connectivity index (χ2n) is 6.15. The normalized spacial score (nSPS) is 27.1. The van der Waals surface area contributed by atoms with Gasteiger partial charge in [0, 0.05) is 12.1 Å². The summed E-state index contributed by atoms with van der Waals surface area (Å²) in [7, 11) is 0. The largest absolute Gasteiger partial charge is 0.331 e. The molecule has 1 saturated carbocycles. The first kappa shape index (κ1) is 14.1. The average molecular weight is 313 g/mol. The van der Waals surface area contributed by atoms with Crippen LogP contribution in [0.15, 0.2) is 12.1 Å². The number of rotatable bonds is 1. The molecule has 0 spiro atoms. The van der Waals surface area contributed by atoms with E-state index in [1.807, 2.05) is 0 Å². The molecule has 0 aliphatic heterocycles. The molecule has 1 aliphatic carbocycles. The van der Waals surface area contributed by atoms with Crippen LogP contribution in [0.25, 0.3) is 11.0 Å². The van der Waals surface area contributed by atoms with Crippen LogP contribution in [-0.2, 0) is 0 Å². The molecule has 2 unspecified atom stereocenters. The molecule has 0 radical (unpaired) electrons. The van der Waals surface area contributed by atoms with Gasteiger partial charge in [-0.2, -0.15) is 0 Å². The van der Waals surface area contributed by atoms with E-state index in [9.17, 15) is 4.39 Å². The first-order valence-corrected chi connectivity index (χ1v) is 7.83. The highest BCUT2D eigenvalue weighted by atomic mass is 35.5. The summed E-state index contributed by atoms with van der Waals surface area (Å²) in [6.45, 7) is 4.55. The number of aromatic nitrogens is 2. The first-order valence-electron chi connectivity index (χ1n) is 7.05. The lowest BCUT2D eigenvalue weighted by Crippen LogP contribution is -2.22. The molecule has 1 aromatic carbocycles. The Morgan fingerprint density at radius 2 is 1.90 bits per heavy atom. The summed E-state index contributed by atoms with van der Waals surface area (Å²) in [6.07, 6.45) is 3.44. The summed E-state index contributed by atoms with van der Waals surface area (Å²) in [6, 6.07) is 3.46. The van der Waals surface area contributed by atoms with Gasteiger partial charge in [0.05, 0.1) is 16.1 Å². The smallest absolute Gasteiger partial charge is 0.178 e. The molecule has 1 fully saturated rings. The molecule has 0 saturated heterocycles. The maximum Gasteiger partial charge on any atom is 0.178 e. The topological polar surface area (TPSA) is 20.7 Å². The molecule has 1 N–H and O–H groups in total. The molecule has 1 heterocycles. The number of fused-ring (bicyclic) bond motifs is 1. The van der Waals surface area contributed by atoms with Crippen LogP contribution >= 0.6 is 23.8 Å². The lowest BCUT2D eigenvalue weighted by Gasteiger charge is -2.32. The molecule has 2 nitrogen and oxygen atoms in total. The van der Waals surface area contributed by atoms with Gasteiger partial charge in [-0.05, 0) is 49.4 Å². The highest BCUT2D eigenvalue weighted by molar-refractivity contribution is 7.71. The number of nitrogens with zero attached hydrogens (tertiary/aromatic N) is 1. The van der Waals surface area contributed by atoms with Gasteiger partial charge in [0.15, 0.2) is 4.77 Å². The molecular formula is C15H18ClFN2S. The maximum atomic E-state index is 13.8. The standard InChI is InChI=1S/C15H18ClFN2S/c1-8-3-9(2)5-10(4-8)19-14-7-12(17)11(16)6-13(14)18-15(19)20/h6-10H,3-5H2,1-2H3,(H,18,20). The molecule has 0 amide bonds. The van der Waals surface area contributed by atoms with Crippen LogP contribution in [-0.4, -0.2) is 9.55 Å². The average Bonchev–Trinajstić information content (AvgIpc) is 2.64. The van der Waals surface area contributed by atoms with Gasteiger partial charge in [-0.1, -0.05) is 25.4 Å². The van der Waals surface area contributed by atoms with Crippen LogP contribution in [0.5, 0.6) is 0 Å². The summed E-state index contributed by atoms with van der Waals surface area (Å²) < 4.78 is 16.5. The Morgan fingerprint density at radius 1 is 1.25 bits per heavy atom. The van der Waals surface area contributed by atoms with Gasteiger partial charge in [0.2, 0.25) is 0 Å². The van der Waals surface area contributed by atoms with Crippen LogP contribution in [0.3, 0.4) is 0 Å². The fraction of sp³-hybridized carbons (Fsp3) is 0.533. The molecule has 0 bridgehead atoms. The number of halogens is 2. The minimum absolute atomic E-state index is 0.131. The second-order valence-corrected chi connectivity index (χ2v) is 6.95. The third-order valence-corrected chi connectivity index (χ3v) is 4.87. The fourth-order valence-corrected chi connectivity index (χ4v) is 4.12. The van der Waals surface area contributed by atoms with Gasteiger partial charge in [0.25, 0.3) is 0 Å². The van der Waals surface area contributed by atoms with Crippen molar-refractivity contribution in [3.05, 3.63) is 27.7 Å². The number of imidazole rings is 1. The van der Waals surface area contributed by atoms with Gasteiger partial charge < -0.3 is 9.55 Å². The predicted molar refractivity (Wildman–Crippen MR) is 83.3 cm³/mol. The fourth-order valence-electron chi connectivity index (χ4n) is 3.60. The molecule has 5 heteroatoms. The first-order chi connectivity index (χ1) is 9.45. The number of H-pyrrole nitrogens is 1. The molecular weight excluding hydrogens is 295 g/mol. The van der Waals surface area contributed by atoms with Gasteiger partial charge in [-0.15, -0.1) is 0 Å². The molecule has 20 heavy (non-hydrogen) atoms. The summed E-state index contributed by atoms with van der Waals surface area (Å²) in [5.74, 6) is 0.958. The predicted octanol–water partition coefficient (Wildman–Crippen LogP) is 5.49. The van der Waals surface area contributed by atoms with Crippen molar-refractivity contribution in [3.63, 3.8) is 0 Å². The van der Waals surface area contributed by atoms with Gasteiger partial charge in [-0.3, -0.25) is 0 Å².